The molecule has 1 saturated heterocycles. The number of hydrogen-bond donors (Lipinski definition) is 1. The van der Waals surface area contributed by atoms with Crippen molar-refractivity contribution in [3.8, 4) is 0 Å². The van der Waals surface area contributed by atoms with Crippen LogP contribution in [0.3, 0.4) is 0 Å². The molecule has 1 fully saturated rings. The van der Waals surface area contributed by atoms with Crippen molar-refractivity contribution >= 4 is 0 Å². The molecule has 2 N–H and O–H groups in total. The molecule has 118 valence electrons. The molecule has 0 radical (unpaired) electrons. The molecule has 0 amide bonds. The fraction of sp³-hybridized carbons (Fsp3) is 0.647. The van der Waals surface area contributed by atoms with Crippen LogP contribution in [-0.4, -0.2) is 48.6 Å². The molecule has 4 heteroatoms. The molecule has 1 aliphatic rings. The molecule has 1 aromatic rings. The van der Waals surface area contributed by atoms with Gasteiger partial charge in [-0.3, -0.25) is 4.90 Å². The van der Waals surface area contributed by atoms with Crippen molar-refractivity contribution in [2.75, 3.05) is 33.2 Å². The second-order valence-electron chi connectivity index (χ2n) is 6.25. The maximum absolute atomic E-state index is 13.0. The van der Waals surface area contributed by atoms with Gasteiger partial charge in [-0.25, -0.2) is 4.39 Å². The molecule has 0 aliphatic carbocycles. The molecule has 0 spiro atoms. The van der Waals surface area contributed by atoms with Gasteiger partial charge in [-0.05, 0) is 63.6 Å². The Kier molecular flexibility index (Phi) is 5.73. The highest BCUT2D eigenvalue weighted by Crippen LogP contribution is 2.28. The number of halogens is 1. The summed E-state index contributed by atoms with van der Waals surface area (Å²) in [5, 5.41) is 0. The van der Waals surface area contributed by atoms with Crippen LogP contribution in [0.15, 0.2) is 24.3 Å². The summed E-state index contributed by atoms with van der Waals surface area (Å²) in [7, 11) is 2.14. The Hall–Kier alpha value is -0.970. The number of benzene rings is 1. The zero-order valence-electron chi connectivity index (χ0n) is 13.3. The molecule has 0 atom stereocenters. The summed E-state index contributed by atoms with van der Waals surface area (Å²) in [6.07, 6.45) is 3.43. The first-order chi connectivity index (χ1) is 10.1. The van der Waals surface area contributed by atoms with Crippen LogP contribution in [0.1, 0.15) is 31.7 Å². The van der Waals surface area contributed by atoms with Gasteiger partial charge in [0.1, 0.15) is 5.82 Å². The van der Waals surface area contributed by atoms with Crippen molar-refractivity contribution in [2.45, 2.75) is 38.3 Å². The third kappa shape index (κ3) is 4.02. The molecule has 0 unspecified atom stereocenters. The summed E-state index contributed by atoms with van der Waals surface area (Å²) in [6, 6.07) is 6.79. The third-order valence-electron chi connectivity index (χ3n) is 4.85. The van der Waals surface area contributed by atoms with Crippen molar-refractivity contribution in [1.82, 2.24) is 9.80 Å². The van der Waals surface area contributed by atoms with Crippen LogP contribution in [0, 0.1) is 5.82 Å². The van der Waals surface area contributed by atoms with Gasteiger partial charge in [0.2, 0.25) is 0 Å². The smallest absolute Gasteiger partial charge is 0.123 e. The minimum atomic E-state index is -0.178. The lowest BCUT2D eigenvalue weighted by Gasteiger charge is -2.47. The average Bonchev–Trinajstić information content (AvgIpc) is 2.51. The fourth-order valence-corrected chi connectivity index (χ4v) is 3.28. The third-order valence-corrected chi connectivity index (χ3v) is 4.85. The number of hydrogen-bond acceptors (Lipinski definition) is 3. The molecule has 1 heterocycles. The highest BCUT2D eigenvalue weighted by atomic mass is 19.1. The largest absolute Gasteiger partial charge is 0.329 e. The zero-order valence-corrected chi connectivity index (χ0v) is 13.3. The summed E-state index contributed by atoms with van der Waals surface area (Å²) < 4.78 is 13.0. The summed E-state index contributed by atoms with van der Waals surface area (Å²) >= 11 is 0. The minimum absolute atomic E-state index is 0.0820. The SMILES string of the molecule is CCCN1CCC(CN)(N(C)Cc2ccc(F)cc2)CC1. The van der Waals surface area contributed by atoms with E-state index in [1.807, 2.05) is 12.1 Å². The van der Waals surface area contributed by atoms with E-state index >= 15 is 0 Å². The standard InChI is InChI=1S/C17H28FN3/c1-3-10-21-11-8-17(14-19,9-12-21)20(2)13-15-4-6-16(18)7-5-15/h4-7H,3,8-14,19H2,1-2H3. The molecule has 2 rings (SSSR count). The Bertz CT molecular complexity index is 424. The predicted molar refractivity (Wildman–Crippen MR) is 85.6 cm³/mol. The molecular formula is C17H28FN3. The van der Waals surface area contributed by atoms with Gasteiger partial charge >= 0.3 is 0 Å². The molecule has 0 saturated carbocycles. The van der Waals surface area contributed by atoms with Crippen molar-refractivity contribution in [1.29, 1.82) is 0 Å². The summed E-state index contributed by atoms with van der Waals surface area (Å²) in [4.78, 5) is 4.89. The van der Waals surface area contributed by atoms with Crippen LogP contribution in [0.4, 0.5) is 4.39 Å². The van der Waals surface area contributed by atoms with Gasteiger partial charge < -0.3 is 10.6 Å². The van der Waals surface area contributed by atoms with Gasteiger partial charge in [-0.15, -0.1) is 0 Å². The molecule has 1 aliphatic heterocycles. The lowest BCUT2D eigenvalue weighted by atomic mass is 9.85. The Labute approximate surface area is 127 Å². The fourth-order valence-electron chi connectivity index (χ4n) is 3.28. The highest BCUT2D eigenvalue weighted by Gasteiger charge is 2.36. The number of rotatable bonds is 6. The van der Waals surface area contributed by atoms with E-state index in [2.05, 4.69) is 23.8 Å². The van der Waals surface area contributed by atoms with Gasteiger partial charge in [-0.2, -0.15) is 0 Å². The molecule has 0 bridgehead atoms. The molecule has 0 aromatic heterocycles. The summed E-state index contributed by atoms with van der Waals surface area (Å²) in [5.41, 5.74) is 7.34. The monoisotopic (exact) mass is 293 g/mol. The Morgan fingerprint density at radius 2 is 1.86 bits per heavy atom. The van der Waals surface area contributed by atoms with Gasteiger partial charge in [-0.1, -0.05) is 19.1 Å². The van der Waals surface area contributed by atoms with Gasteiger partial charge in [0, 0.05) is 18.6 Å². The topological polar surface area (TPSA) is 32.5 Å². The van der Waals surface area contributed by atoms with Crippen LogP contribution in [-0.2, 0) is 6.54 Å². The normalized spacial score (nSPS) is 19.1. The summed E-state index contributed by atoms with van der Waals surface area (Å²) in [6.45, 7) is 7.17. The van der Waals surface area contributed by atoms with E-state index in [1.165, 1.54) is 25.1 Å². The first-order valence-corrected chi connectivity index (χ1v) is 7.98. The molecule has 21 heavy (non-hydrogen) atoms. The van der Waals surface area contributed by atoms with E-state index < -0.39 is 0 Å². The van der Waals surface area contributed by atoms with E-state index in [4.69, 9.17) is 5.73 Å². The Morgan fingerprint density at radius 1 is 1.24 bits per heavy atom. The molecule has 1 aromatic carbocycles. The highest BCUT2D eigenvalue weighted by molar-refractivity contribution is 5.16. The van der Waals surface area contributed by atoms with Gasteiger partial charge in [0.25, 0.3) is 0 Å². The lowest BCUT2D eigenvalue weighted by Crippen LogP contribution is -2.57. The molecular weight excluding hydrogens is 265 g/mol. The maximum atomic E-state index is 13.0. The molecule has 3 nitrogen and oxygen atoms in total. The first-order valence-electron chi connectivity index (χ1n) is 7.98. The van der Waals surface area contributed by atoms with E-state index in [-0.39, 0.29) is 11.4 Å². The van der Waals surface area contributed by atoms with Crippen LogP contribution >= 0.6 is 0 Å². The van der Waals surface area contributed by atoms with Crippen molar-refractivity contribution < 1.29 is 4.39 Å². The van der Waals surface area contributed by atoms with Crippen molar-refractivity contribution in [2.24, 2.45) is 5.73 Å². The number of likely N-dealkylation sites (tertiary alicyclic amines) is 1. The Morgan fingerprint density at radius 3 is 2.38 bits per heavy atom. The number of nitrogens with two attached hydrogens (primary N) is 1. The van der Waals surface area contributed by atoms with Gasteiger partial charge in [0.15, 0.2) is 0 Å². The lowest BCUT2D eigenvalue weighted by molar-refractivity contribution is 0.0401. The quantitative estimate of drug-likeness (QED) is 0.874. The summed E-state index contributed by atoms with van der Waals surface area (Å²) in [5.74, 6) is -0.178. The van der Waals surface area contributed by atoms with E-state index in [0.717, 1.165) is 38.0 Å². The van der Waals surface area contributed by atoms with E-state index in [1.54, 1.807) is 0 Å². The predicted octanol–water partition coefficient (Wildman–Crippen LogP) is 2.46. The van der Waals surface area contributed by atoms with E-state index in [9.17, 15) is 4.39 Å². The Balaban J connectivity index is 1.98. The van der Waals surface area contributed by atoms with Gasteiger partial charge in [0.05, 0.1) is 0 Å². The van der Waals surface area contributed by atoms with Crippen molar-refractivity contribution in [3.05, 3.63) is 35.6 Å². The zero-order chi connectivity index (χ0) is 15.3. The van der Waals surface area contributed by atoms with Crippen LogP contribution in [0.5, 0.6) is 0 Å². The van der Waals surface area contributed by atoms with E-state index in [0.29, 0.717) is 6.54 Å². The van der Waals surface area contributed by atoms with Crippen LogP contribution in [0.2, 0.25) is 0 Å². The maximum Gasteiger partial charge on any atom is 0.123 e. The number of likely N-dealkylation sites (N-methyl/N-ethyl adjacent to an activating group) is 1. The second kappa shape index (κ2) is 7.34. The van der Waals surface area contributed by atoms with Crippen LogP contribution < -0.4 is 5.73 Å². The first kappa shape index (κ1) is 16.4. The number of piperidine rings is 1. The second-order valence-corrected chi connectivity index (χ2v) is 6.25. The average molecular weight is 293 g/mol. The van der Waals surface area contributed by atoms with Crippen LogP contribution in [0.25, 0.3) is 0 Å². The number of nitrogens with zero attached hydrogens (tertiary/aromatic N) is 2. The minimum Gasteiger partial charge on any atom is -0.329 e. The van der Waals surface area contributed by atoms with Crippen molar-refractivity contribution in [3.63, 3.8) is 0 Å².